The summed E-state index contributed by atoms with van der Waals surface area (Å²) in [5.74, 6) is 0. The Morgan fingerprint density at radius 1 is 0.700 bits per heavy atom. The molecule has 0 aromatic heterocycles. The minimum atomic E-state index is 1.16. The fourth-order valence-corrected chi connectivity index (χ4v) is 3.71. The van der Waals surface area contributed by atoms with Crippen molar-refractivity contribution in [3.8, 4) is 0 Å². The van der Waals surface area contributed by atoms with Crippen LogP contribution in [0.2, 0.25) is 0 Å². The van der Waals surface area contributed by atoms with Crippen LogP contribution in [0.15, 0.2) is 65.1 Å². The van der Waals surface area contributed by atoms with E-state index in [1.807, 2.05) is 0 Å². The smallest absolute Gasteiger partial charge is 0.0260 e. The highest BCUT2D eigenvalue weighted by molar-refractivity contribution is 9.10. The minimum absolute atomic E-state index is 1.16. The standard InChI is InChI=1S/C19H13Br/c1-12-10-13-11-18(20)15-7-3-5-9-17(15)19(13)16-8-4-2-6-14(12)16/h2-11H,1H3. The van der Waals surface area contributed by atoms with Crippen LogP contribution in [-0.2, 0) is 0 Å². The third-order valence-corrected chi connectivity index (χ3v) is 4.67. The van der Waals surface area contributed by atoms with E-state index in [1.165, 1.54) is 37.9 Å². The van der Waals surface area contributed by atoms with E-state index in [0.29, 0.717) is 0 Å². The van der Waals surface area contributed by atoms with Crippen LogP contribution in [0.4, 0.5) is 0 Å². The zero-order valence-corrected chi connectivity index (χ0v) is 12.7. The molecule has 0 unspecified atom stereocenters. The normalized spacial score (nSPS) is 11.5. The van der Waals surface area contributed by atoms with E-state index in [1.54, 1.807) is 0 Å². The average Bonchev–Trinajstić information content (AvgIpc) is 2.47. The van der Waals surface area contributed by atoms with Gasteiger partial charge in [-0.25, -0.2) is 0 Å². The minimum Gasteiger partial charge on any atom is -0.0616 e. The Morgan fingerprint density at radius 2 is 1.25 bits per heavy atom. The Balaban J connectivity index is 2.40. The van der Waals surface area contributed by atoms with E-state index >= 15 is 0 Å². The maximum absolute atomic E-state index is 3.71. The fraction of sp³-hybridized carbons (Fsp3) is 0.0526. The molecule has 0 amide bonds. The van der Waals surface area contributed by atoms with Gasteiger partial charge in [-0.2, -0.15) is 0 Å². The topological polar surface area (TPSA) is 0 Å². The van der Waals surface area contributed by atoms with Gasteiger partial charge in [0.1, 0.15) is 0 Å². The highest BCUT2D eigenvalue weighted by Gasteiger charge is 2.09. The molecule has 0 saturated carbocycles. The lowest BCUT2D eigenvalue weighted by atomic mass is 9.94. The molecule has 0 atom stereocenters. The fourth-order valence-electron chi connectivity index (χ4n) is 3.12. The largest absolute Gasteiger partial charge is 0.0616 e. The van der Waals surface area contributed by atoms with Gasteiger partial charge in [0.25, 0.3) is 0 Å². The zero-order chi connectivity index (χ0) is 13.7. The summed E-state index contributed by atoms with van der Waals surface area (Å²) in [4.78, 5) is 0. The molecule has 96 valence electrons. The van der Waals surface area contributed by atoms with Gasteiger partial charge in [-0.3, -0.25) is 0 Å². The van der Waals surface area contributed by atoms with Crippen LogP contribution in [0.25, 0.3) is 32.3 Å². The van der Waals surface area contributed by atoms with Crippen LogP contribution in [0.3, 0.4) is 0 Å². The number of hydrogen-bond acceptors (Lipinski definition) is 0. The molecule has 0 N–H and O–H groups in total. The van der Waals surface area contributed by atoms with Crippen LogP contribution in [0, 0.1) is 6.92 Å². The molecule has 0 bridgehead atoms. The Labute approximate surface area is 126 Å². The lowest BCUT2D eigenvalue weighted by Gasteiger charge is -2.11. The Hall–Kier alpha value is -1.86. The van der Waals surface area contributed by atoms with Crippen LogP contribution < -0.4 is 0 Å². The number of rotatable bonds is 0. The van der Waals surface area contributed by atoms with E-state index < -0.39 is 0 Å². The Bertz CT molecular complexity index is 891. The van der Waals surface area contributed by atoms with Crippen LogP contribution in [-0.4, -0.2) is 0 Å². The van der Waals surface area contributed by atoms with E-state index in [2.05, 4.69) is 83.5 Å². The summed E-state index contributed by atoms with van der Waals surface area (Å²) >= 11 is 3.71. The second-order valence-corrected chi connectivity index (χ2v) is 6.10. The summed E-state index contributed by atoms with van der Waals surface area (Å²) in [6, 6.07) is 21.8. The highest BCUT2D eigenvalue weighted by atomic mass is 79.9. The van der Waals surface area contributed by atoms with Crippen molar-refractivity contribution >= 4 is 48.2 Å². The molecular formula is C19H13Br. The lowest BCUT2D eigenvalue weighted by Crippen LogP contribution is -1.85. The molecule has 0 aliphatic heterocycles. The molecule has 1 heteroatoms. The van der Waals surface area contributed by atoms with Crippen LogP contribution >= 0.6 is 15.9 Å². The van der Waals surface area contributed by atoms with Crippen molar-refractivity contribution < 1.29 is 0 Å². The second-order valence-electron chi connectivity index (χ2n) is 5.24. The molecule has 0 aliphatic carbocycles. The van der Waals surface area contributed by atoms with E-state index in [4.69, 9.17) is 0 Å². The Kier molecular flexibility index (Phi) is 2.58. The first-order valence-electron chi connectivity index (χ1n) is 6.75. The quantitative estimate of drug-likeness (QED) is 0.337. The number of benzene rings is 4. The van der Waals surface area contributed by atoms with Gasteiger partial charge in [0.15, 0.2) is 0 Å². The molecule has 20 heavy (non-hydrogen) atoms. The maximum atomic E-state index is 3.71. The van der Waals surface area contributed by atoms with Crippen LogP contribution in [0.5, 0.6) is 0 Å². The molecule has 0 spiro atoms. The summed E-state index contributed by atoms with van der Waals surface area (Å²) < 4.78 is 1.16. The second kappa shape index (κ2) is 4.32. The van der Waals surface area contributed by atoms with Gasteiger partial charge in [0.05, 0.1) is 0 Å². The van der Waals surface area contributed by atoms with E-state index in [9.17, 15) is 0 Å². The van der Waals surface area contributed by atoms with Gasteiger partial charge in [0, 0.05) is 4.47 Å². The molecular weight excluding hydrogens is 308 g/mol. The van der Waals surface area contributed by atoms with Gasteiger partial charge in [-0.15, -0.1) is 0 Å². The van der Waals surface area contributed by atoms with Gasteiger partial charge < -0.3 is 0 Å². The summed E-state index contributed by atoms with van der Waals surface area (Å²) in [5, 5.41) is 7.91. The monoisotopic (exact) mass is 320 g/mol. The number of fused-ring (bicyclic) bond motifs is 5. The molecule has 0 nitrogen and oxygen atoms in total. The highest BCUT2D eigenvalue weighted by Crippen LogP contribution is 2.37. The maximum Gasteiger partial charge on any atom is 0.0260 e. The van der Waals surface area contributed by atoms with Gasteiger partial charge in [0.2, 0.25) is 0 Å². The molecule has 4 rings (SSSR count). The first-order valence-corrected chi connectivity index (χ1v) is 7.54. The van der Waals surface area contributed by atoms with Gasteiger partial charge >= 0.3 is 0 Å². The lowest BCUT2D eigenvalue weighted by molar-refractivity contribution is 1.56. The molecule has 0 heterocycles. The van der Waals surface area contributed by atoms with Crippen LogP contribution in [0.1, 0.15) is 5.56 Å². The van der Waals surface area contributed by atoms with Gasteiger partial charge in [-0.05, 0) is 50.9 Å². The molecule has 0 saturated heterocycles. The first kappa shape index (κ1) is 11.9. The third kappa shape index (κ3) is 1.60. The summed E-state index contributed by atoms with van der Waals surface area (Å²) in [6.07, 6.45) is 0. The van der Waals surface area contributed by atoms with Crippen molar-refractivity contribution in [2.45, 2.75) is 6.92 Å². The van der Waals surface area contributed by atoms with Crippen molar-refractivity contribution in [1.82, 2.24) is 0 Å². The molecule has 4 aromatic carbocycles. The number of hydrogen-bond donors (Lipinski definition) is 0. The molecule has 0 aliphatic rings. The van der Waals surface area contributed by atoms with E-state index in [-0.39, 0.29) is 0 Å². The number of halogens is 1. The van der Waals surface area contributed by atoms with Crippen molar-refractivity contribution in [1.29, 1.82) is 0 Å². The van der Waals surface area contributed by atoms with E-state index in [0.717, 1.165) is 4.47 Å². The van der Waals surface area contributed by atoms with Crippen molar-refractivity contribution in [2.24, 2.45) is 0 Å². The molecule has 0 fully saturated rings. The SMILES string of the molecule is Cc1cc2cc(Br)c3ccccc3c2c2ccccc12. The summed E-state index contributed by atoms with van der Waals surface area (Å²) in [6.45, 7) is 2.19. The molecule has 4 aromatic rings. The summed E-state index contributed by atoms with van der Waals surface area (Å²) in [5.41, 5.74) is 1.33. The average molecular weight is 321 g/mol. The zero-order valence-electron chi connectivity index (χ0n) is 11.2. The van der Waals surface area contributed by atoms with Crippen molar-refractivity contribution in [3.05, 3.63) is 70.7 Å². The predicted molar refractivity (Wildman–Crippen MR) is 91.4 cm³/mol. The third-order valence-electron chi connectivity index (χ3n) is 4.02. The molecule has 0 radical (unpaired) electrons. The Morgan fingerprint density at radius 3 is 1.95 bits per heavy atom. The van der Waals surface area contributed by atoms with Crippen molar-refractivity contribution in [3.63, 3.8) is 0 Å². The number of aryl methyl sites for hydroxylation is 1. The predicted octanol–water partition coefficient (Wildman–Crippen LogP) is 6.22. The van der Waals surface area contributed by atoms with Crippen molar-refractivity contribution in [2.75, 3.05) is 0 Å². The summed E-state index contributed by atoms with van der Waals surface area (Å²) in [7, 11) is 0. The first-order chi connectivity index (χ1) is 9.75. The van der Waals surface area contributed by atoms with Gasteiger partial charge in [-0.1, -0.05) is 70.5 Å².